The van der Waals surface area contributed by atoms with Gasteiger partial charge in [0.25, 0.3) is 11.8 Å². The molecule has 4 aliphatic heterocycles. The normalized spacial score (nSPS) is 19.4. The lowest BCUT2D eigenvalue weighted by atomic mass is 9.78. The number of piperidine rings is 3. The fraction of sp³-hybridized carbons (Fsp3) is 0.417. The topological polar surface area (TPSA) is 164 Å². The van der Waals surface area contributed by atoms with E-state index in [1.807, 2.05) is 49.4 Å². The summed E-state index contributed by atoms with van der Waals surface area (Å²) in [5.74, 6) is 1.61. The number of imide groups is 2. The Balaban J connectivity index is 0.813. The summed E-state index contributed by atoms with van der Waals surface area (Å²) < 4.78 is 42.6. The first kappa shape index (κ1) is 43.7. The van der Waals surface area contributed by atoms with Crippen LogP contribution < -0.4 is 29.7 Å². The van der Waals surface area contributed by atoms with Crippen LogP contribution >= 0.6 is 0 Å². The number of hydrogen-bond acceptors (Lipinski definition) is 12. The number of nitrogens with one attached hydrogen (secondary N) is 2. The predicted octanol–water partition coefficient (Wildman–Crippen LogP) is 6.61. The van der Waals surface area contributed by atoms with Gasteiger partial charge in [-0.1, -0.05) is 18.2 Å². The monoisotopic (exact) mass is 877 g/mol. The van der Waals surface area contributed by atoms with Crippen LogP contribution in [0.15, 0.2) is 84.9 Å². The van der Waals surface area contributed by atoms with E-state index in [0.717, 1.165) is 86.7 Å². The number of anilines is 2. The van der Waals surface area contributed by atoms with Crippen molar-refractivity contribution >= 4 is 44.8 Å². The quantitative estimate of drug-likeness (QED) is 0.123. The molecule has 4 heterocycles. The Hall–Kier alpha value is -5.93. The highest BCUT2D eigenvalue weighted by Crippen LogP contribution is 2.39. The second-order valence-corrected chi connectivity index (χ2v) is 19.2. The van der Waals surface area contributed by atoms with Crippen LogP contribution in [-0.2, 0) is 26.0 Å². The number of carbonyl (C=O) groups is 4. The first-order valence-electron chi connectivity index (χ1n) is 21.8. The van der Waals surface area contributed by atoms with E-state index in [4.69, 9.17) is 14.2 Å². The number of nitrogens with zero attached hydrogens (tertiary/aromatic N) is 3. The molecule has 0 aliphatic carbocycles. The summed E-state index contributed by atoms with van der Waals surface area (Å²) >= 11 is 0. The number of rotatable bonds is 15. The molecule has 4 aromatic carbocycles. The van der Waals surface area contributed by atoms with Crippen LogP contribution in [-0.4, -0.2) is 99.8 Å². The second kappa shape index (κ2) is 18.8. The largest absolute Gasteiger partial charge is 0.493 e. The molecule has 0 radical (unpaired) electrons. The molecule has 4 aliphatic rings. The summed E-state index contributed by atoms with van der Waals surface area (Å²) in [6, 6.07) is 24.6. The maximum absolute atomic E-state index is 14.0. The molecule has 3 fully saturated rings. The van der Waals surface area contributed by atoms with Crippen molar-refractivity contribution in [2.24, 2.45) is 11.8 Å². The molecule has 0 bridgehead atoms. The van der Waals surface area contributed by atoms with E-state index >= 15 is 0 Å². The fourth-order valence-corrected chi connectivity index (χ4v) is 10.3. The minimum atomic E-state index is -3.61. The molecule has 4 aromatic rings. The molecule has 0 saturated carbocycles. The zero-order valence-electron chi connectivity index (χ0n) is 36.0. The first-order chi connectivity index (χ1) is 30.3. The van der Waals surface area contributed by atoms with Gasteiger partial charge in [0.1, 0.15) is 27.4 Å². The summed E-state index contributed by atoms with van der Waals surface area (Å²) in [5.41, 5.74) is 3.94. The van der Waals surface area contributed by atoms with Gasteiger partial charge in [-0.25, -0.2) is 8.42 Å². The number of ether oxygens (including phenoxy) is 3. The summed E-state index contributed by atoms with van der Waals surface area (Å²) in [4.78, 5) is 57.3. The van der Waals surface area contributed by atoms with Crippen molar-refractivity contribution in [1.29, 1.82) is 0 Å². The van der Waals surface area contributed by atoms with Gasteiger partial charge in [0.15, 0.2) is 11.5 Å². The van der Waals surface area contributed by atoms with Crippen LogP contribution in [0.1, 0.15) is 83.3 Å². The maximum atomic E-state index is 14.0. The highest BCUT2D eigenvalue weighted by molar-refractivity contribution is 7.90. The molecule has 3 saturated heterocycles. The number of hydrogen-bond donors (Lipinski definition) is 2. The zero-order valence-corrected chi connectivity index (χ0v) is 36.8. The Morgan fingerprint density at radius 2 is 1.41 bits per heavy atom. The van der Waals surface area contributed by atoms with E-state index in [0.29, 0.717) is 59.7 Å². The number of fused-ring (bicyclic) bond motifs is 1. The van der Waals surface area contributed by atoms with Gasteiger partial charge in [-0.3, -0.25) is 34.3 Å². The lowest BCUT2D eigenvalue weighted by Crippen LogP contribution is -2.47. The number of amides is 4. The summed E-state index contributed by atoms with van der Waals surface area (Å²) in [6.07, 6.45) is 6.30. The first-order valence-corrected chi connectivity index (χ1v) is 23.9. The third-order valence-corrected chi connectivity index (χ3v) is 13.7. The fourth-order valence-electron chi connectivity index (χ4n) is 9.42. The molecular formula is C48H55N5O9S. The number of sulfone groups is 1. The highest BCUT2D eigenvalue weighted by Gasteiger charge is 2.42. The number of methoxy groups -OCH3 is 1. The predicted molar refractivity (Wildman–Crippen MR) is 239 cm³/mol. The van der Waals surface area contributed by atoms with E-state index < -0.39 is 39.5 Å². The molecule has 14 nitrogen and oxygen atoms in total. The van der Waals surface area contributed by atoms with E-state index in [2.05, 4.69) is 32.6 Å². The molecular weight excluding hydrogens is 823 g/mol. The molecule has 15 heteroatoms. The molecule has 8 rings (SSSR count). The van der Waals surface area contributed by atoms with Gasteiger partial charge in [0, 0.05) is 43.7 Å². The Kier molecular flexibility index (Phi) is 13.1. The second-order valence-electron chi connectivity index (χ2n) is 17.0. The molecule has 1 unspecified atom stereocenters. The molecule has 2 N–H and O–H groups in total. The van der Waals surface area contributed by atoms with Crippen molar-refractivity contribution in [3.8, 4) is 23.0 Å². The van der Waals surface area contributed by atoms with Gasteiger partial charge in [-0.05, 0) is 142 Å². The molecule has 0 spiro atoms. The number of carbonyl (C=O) groups excluding carboxylic acids is 4. The number of likely N-dealkylation sites (tertiary alicyclic amines) is 1. The summed E-state index contributed by atoms with van der Waals surface area (Å²) in [5, 5.41) is 5.55. The van der Waals surface area contributed by atoms with Gasteiger partial charge in [-0.15, -0.1) is 0 Å². The van der Waals surface area contributed by atoms with Crippen molar-refractivity contribution in [1.82, 2.24) is 15.1 Å². The Labute approximate surface area is 368 Å². The van der Waals surface area contributed by atoms with E-state index in [1.54, 1.807) is 30.3 Å². The molecule has 0 aromatic heterocycles. The van der Waals surface area contributed by atoms with Crippen molar-refractivity contribution in [3.05, 3.63) is 107 Å². The molecule has 2 atom stereocenters. The van der Waals surface area contributed by atoms with Gasteiger partial charge in [0.05, 0.1) is 36.6 Å². The Morgan fingerprint density at radius 3 is 2.05 bits per heavy atom. The Bertz CT molecular complexity index is 2440. The SMILES string of the molecule is CCOc1cc([C@@H](CS(C)(=O)=O)N2C(=O)c3ccc(N4CCC(C5CCN(Cc6ccc(Oc7ccc(NC8CCC(=O)NC8=O)cc7)cc6)CC5)CC4)cc3C2=O)ccc1OC. The lowest BCUT2D eigenvalue weighted by molar-refractivity contribution is -0.133. The van der Waals surface area contributed by atoms with Crippen LogP contribution in [0.25, 0.3) is 0 Å². The van der Waals surface area contributed by atoms with Crippen molar-refractivity contribution < 1.29 is 41.8 Å². The standard InChI is InChI=1S/C48H55N5O9S/c1-4-61-44-27-34(7-17-43(44)60-2)42(30-63(3,58)59)53-47(56)39-15-10-36(28-40(39)48(53)57)52-25-21-33(22-26-52)32-19-23-51(24-20-32)29-31-5-11-37(12-6-31)62-38-13-8-35(9-14-38)49-41-16-18-45(54)50-46(41)55/h5-15,17,27-28,32-33,41-42,49H,4,16,18-26,29-30H2,1-3H3,(H,50,54,55)/t41?,42-/m1/s1. The highest BCUT2D eigenvalue weighted by atomic mass is 32.2. The zero-order chi connectivity index (χ0) is 44.3. The van der Waals surface area contributed by atoms with E-state index in [-0.39, 0.29) is 17.4 Å². The average Bonchev–Trinajstić information content (AvgIpc) is 3.52. The van der Waals surface area contributed by atoms with Gasteiger partial charge in [-0.2, -0.15) is 0 Å². The third kappa shape index (κ3) is 10.2. The van der Waals surface area contributed by atoms with Crippen molar-refractivity contribution in [2.75, 3.05) is 62.1 Å². The van der Waals surface area contributed by atoms with Crippen LogP contribution in [0.4, 0.5) is 11.4 Å². The smallest absolute Gasteiger partial charge is 0.262 e. The van der Waals surface area contributed by atoms with Gasteiger partial charge in [0.2, 0.25) is 11.8 Å². The van der Waals surface area contributed by atoms with E-state index in [1.165, 1.54) is 12.7 Å². The van der Waals surface area contributed by atoms with Crippen LogP contribution in [0, 0.1) is 11.8 Å². The van der Waals surface area contributed by atoms with E-state index in [9.17, 15) is 27.6 Å². The van der Waals surface area contributed by atoms with Crippen molar-refractivity contribution in [2.45, 2.75) is 64.1 Å². The minimum absolute atomic E-state index is 0.237. The van der Waals surface area contributed by atoms with Gasteiger partial charge >= 0.3 is 0 Å². The average molecular weight is 878 g/mol. The Morgan fingerprint density at radius 1 is 0.762 bits per heavy atom. The summed E-state index contributed by atoms with van der Waals surface area (Å²) in [7, 11) is -2.09. The minimum Gasteiger partial charge on any atom is -0.493 e. The number of benzene rings is 4. The third-order valence-electron chi connectivity index (χ3n) is 12.7. The van der Waals surface area contributed by atoms with Crippen LogP contribution in [0.5, 0.6) is 23.0 Å². The molecule has 332 valence electrons. The molecule has 63 heavy (non-hydrogen) atoms. The molecule has 4 amide bonds. The van der Waals surface area contributed by atoms with Crippen LogP contribution in [0.2, 0.25) is 0 Å². The van der Waals surface area contributed by atoms with Gasteiger partial charge < -0.3 is 24.4 Å². The summed E-state index contributed by atoms with van der Waals surface area (Å²) in [6.45, 7) is 6.87. The lowest BCUT2D eigenvalue weighted by Gasteiger charge is -2.41. The maximum Gasteiger partial charge on any atom is 0.262 e. The van der Waals surface area contributed by atoms with Crippen LogP contribution in [0.3, 0.4) is 0 Å². The van der Waals surface area contributed by atoms with Crippen molar-refractivity contribution in [3.63, 3.8) is 0 Å².